The lowest BCUT2D eigenvalue weighted by Crippen LogP contribution is -2.37. The molecule has 134 valence electrons. The number of ether oxygens (including phenoxy) is 2. The summed E-state index contributed by atoms with van der Waals surface area (Å²) in [6.07, 6.45) is 0.844. The van der Waals surface area contributed by atoms with Gasteiger partial charge in [-0.25, -0.2) is 4.79 Å². The Labute approximate surface area is 145 Å². The van der Waals surface area contributed by atoms with Gasteiger partial charge in [0, 0.05) is 19.6 Å². The number of anilines is 2. The highest BCUT2D eigenvalue weighted by atomic mass is 16.6. The lowest BCUT2D eigenvalue weighted by atomic mass is 10.2. The molecule has 1 aliphatic heterocycles. The first kappa shape index (κ1) is 18.6. The van der Waals surface area contributed by atoms with Gasteiger partial charge in [-0.05, 0) is 53.2 Å². The van der Waals surface area contributed by atoms with Crippen molar-refractivity contribution in [2.24, 2.45) is 0 Å². The molecule has 0 radical (unpaired) electrons. The maximum atomic E-state index is 12.6. The molecule has 0 aliphatic carbocycles. The summed E-state index contributed by atoms with van der Waals surface area (Å²) in [7, 11) is 0. The van der Waals surface area contributed by atoms with Crippen LogP contribution in [0.5, 0.6) is 0 Å². The van der Waals surface area contributed by atoms with Gasteiger partial charge in [-0.1, -0.05) is 12.1 Å². The number of benzene rings is 1. The Morgan fingerprint density at radius 3 is 2.46 bits per heavy atom. The van der Waals surface area contributed by atoms with Crippen LogP contribution in [0.4, 0.5) is 16.2 Å². The van der Waals surface area contributed by atoms with Gasteiger partial charge in [0.05, 0.1) is 24.1 Å². The molecule has 1 heterocycles. The molecule has 0 unspecified atom stereocenters. The molecule has 0 bridgehead atoms. The fourth-order valence-corrected chi connectivity index (χ4v) is 2.76. The maximum absolute atomic E-state index is 12.6. The molecule has 1 aromatic carbocycles. The van der Waals surface area contributed by atoms with E-state index in [1.807, 2.05) is 52.8 Å². The first-order valence-electron chi connectivity index (χ1n) is 8.74. The van der Waals surface area contributed by atoms with Crippen molar-refractivity contribution in [2.75, 3.05) is 36.0 Å². The van der Waals surface area contributed by atoms with Gasteiger partial charge in [0.15, 0.2) is 0 Å². The van der Waals surface area contributed by atoms with Crippen LogP contribution < -0.4 is 9.80 Å². The van der Waals surface area contributed by atoms with Gasteiger partial charge in [-0.15, -0.1) is 0 Å². The van der Waals surface area contributed by atoms with E-state index >= 15 is 0 Å². The zero-order valence-corrected chi connectivity index (χ0v) is 15.5. The number of rotatable bonds is 4. The van der Waals surface area contributed by atoms with E-state index in [9.17, 15) is 4.79 Å². The number of para-hydroxylation sites is 2. The number of amides is 1. The van der Waals surface area contributed by atoms with Gasteiger partial charge in [0.1, 0.15) is 5.60 Å². The van der Waals surface area contributed by atoms with Crippen molar-refractivity contribution >= 4 is 17.5 Å². The van der Waals surface area contributed by atoms with Crippen LogP contribution >= 0.6 is 0 Å². The minimum Gasteiger partial charge on any atom is -0.443 e. The van der Waals surface area contributed by atoms with E-state index in [1.54, 1.807) is 4.90 Å². The van der Waals surface area contributed by atoms with Crippen LogP contribution in [0.1, 0.15) is 41.0 Å². The smallest absolute Gasteiger partial charge is 0.414 e. The average molecular weight is 334 g/mol. The van der Waals surface area contributed by atoms with Crippen LogP contribution in [-0.4, -0.2) is 44.0 Å². The van der Waals surface area contributed by atoms with Crippen LogP contribution in [0.2, 0.25) is 0 Å². The summed E-state index contributed by atoms with van der Waals surface area (Å²) in [5, 5.41) is 0. The van der Waals surface area contributed by atoms with Crippen LogP contribution in [0, 0.1) is 0 Å². The maximum Gasteiger partial charge on any atom is 0.414 e. The molecule has 0 spiro atoms. The van der Waals surface area contributed by atoms with Crippen molar-refractivity contribution in [3.8, 4) is 0 Å². The van der Waals surface area contributed by atoms with Crippen LogP contribution in [0.3, 0.4) is 0 Å². The number of carbonyl (C=O) groups excluding carboxylic acids is 1. The number of hydrogen-bond donors (Lipinski definition) is 0. The predicted molar refractivity (Wildman–Crippen MR) is 97.9 cm³/mol. The Morgan fingerprint density at radius 2 is 1.83 bits per heavy atom. The number of carbonyl (C=O) groups is 1. The Balaban J connectivity index is 2.19. The van der Waals surface area contributed by atoms with Crippen molar-refractivity contribution in [3.63, 3.8) is 0 Å². The lowest BCUT2D eigenvalue weighted by molar-refractivity contribution is 0.0580. The van der Waals surface area contributed by atoms with E-state index < -0.39 is 5.60 Å². The third-order valence-electron chi connectivity index (χ3n) is 3.75. The van der Waals surface area contributed by atoms with Crippen LogP contribution in [-0.2, 0) is 9.47 Å². The molecule has 0 aromatic heterocycles. The molecule has 0 fully saturated rings. The summed E-state index contributed by atoms with van der Waals surface area (Å²) in [5.41, 5.74) is 1.48. The van der Waals surface area contributed by atoms with Crippen LogP contribution in [0.15, 0.2) is 24.3 Å². The first-order chi connectivity index (χ1) is 11.3. The second-order valence-electron chi connectivity index (χ2n) is 7.38. The quantitative estimate of drug-likeness (QED) is 0.832. The summed E-state index contributed by atoms with van der Waals surface area (Å²) in [6, 6.07) is 8.02. The fraction of sp³-hybridized carbons (Fsp3) is 0.632. The molecule has 1 aliphatic rings. The van der Waals surface area contributed by atoms with Crippen molar-refractivity contribution in [1.82, 2.24) is 0 Å². The van der Waals surface area contributed by atoms with Gasteiger partial charge in [0.2, 0.25) is 0 Å². The molecule has 0 saturated carbocycles. The van der Waals surface area contributed by atoms with Crippen molar-refractivity contribution in [3.05, 3.63) is 24.3 Å². The lowest BCUT2D eigenvalue weighted by Gasteiger charge is -2.28. The fourth-order valence-electron chi connectivity index (χ4n) is 2.76. The Morgan fingerprint density at radius 1 is 1.17 bits per heavy atom. The van der Waals surface area contributed by atoms with Gasteiger partial charge in [0.25, 0.3) is 0 Å². The van der Waals surface area contributed by atoms with Crippen molar-refractivity contribution in [1.29, 1.82) is 0 Å². The largest absolute Gasteiger partial charge is 0.443 e. The van der Waals surface area contributed by atoms with Crippen molar-refractivity contribution < 1.29 is 14.3 Å². The third kappa shape index (κ3) is 5.13. The standard InChI is InChI=1S/C19H30N2O3/c1-15(2)23-14-13-20-11-8-12-21(18(22)24-19(3,4)5)17-10-7-6-9-16(17)20/h6-7,9-10,15H,8,11-14H2,1-5H3. The SMILES string of the molecule is CC(C)OCCN1CCCN(C(=O)OC(C)(C)C)c2ccccc21. The number of fused-ring (bicyclic) bond motifs is 1. The molecule has 1 amide bonds. The highest BCUT2D eigenvalue weighted by molar-refractivity contribution is 5.93. The highest BCUT2D eigenvalue weighted by Gasteiger charge is 2.28. The van der Waals surface area contributed by atoms with Crippen LogP contribution in [0.25, 0.3) is 0 Å². The molecule has 24 heavy (non-hydrogen) atoms. The molecular formula is C19H30N2O3. The molecule has 0 atom stereocenters. The number of hydrogen-bond acceptors (Lipinski definition) is 4. The van der Waals surface area contributed by atoms with Gasteiger partial charge in [-0.2, -0.15) is 0 Å². The molecule has 0 N–H and O–H groups in total. The molecule has 5 heteroatoms. The minimum atomic E-state index is -0.497. The molecular weight excluding hydrogens is 304 g/mol. The third-order valence-corrected chi connectivity index (χ3v) is 3.75. The second kappa shape index (κ2) is 7.88. The van der Waals surface area contributed by atoms with Crippen molar-refractivity contribution in [2.45, 2.75) is 52.7 Å². The van der Waals surface area contributed by atoms with Gasteiger partial charge < -0.3 is 14.4 Å². The van der Waals surface area contributed by atoms with E-state index in [4.69, 9.17) is 9.47 Å². The van der Waals surface area contributed by atoms with E-state index in [1.165, 1.54) is 0 Å². The zero-order chi connectivity index (χ0) is 17.7. The average Bonchev–Trinajstić information content (AvgIpc) is 2.65. The Kier molecular flexibility index (Phi) is 6.10. The summed E-state index contributed by atoms with van der Waals surface area (Å²) >= 11 is 0. The van der Waals surface area contributed by atoms with E-state index in [0.717, 1.165) is 30.9 Å². The normalized spacial score (nSPS) is 15.2. The van der Waals surface area contributed by atoms with E-state index in [0.29, 0.717) is 13.2 Å². The van der Waals surface area contributed by atoms with E-state index in [2.05, 4.69) is 11.0 Å². The zero-order valence-electron chi connectivity index (χ0n) is 15.5. The molecule has 1 aromatic rings. The highest BCUT2D eigenvalue weighted by Crippen LogP contribution is 2.33. The summed E-state index contributed by atoms with van der Waals surface area (Å²) in [5.74, 6) is 0. The molecule has 5 nitrogen and oxygen atoms in total. The Bertz CT molecular complexity index is 552. The second-order valence-corrected chi connectivity index (χ2v) is 7.38. The predicted octanol–water partition coefficient (Wildman–Crippen LogP) is 4.06. The number of nitrogens with zero attached hydrogens (tertiary/aromatic N) is 2. The van der Waals surface area contributed by atoms with E-state index in [-0.39, 0.29) is 12.2 Å². The molecule has 2 rings (SSSR count). The summed E-state index contributed by atoms with van der Waals surface area (Å²) < 4.78 is 11.3. The monoisotopic (exact) mass is 334 g/mol. The van der Waals surface area contributed by atoms with Gasteiger partial charge in [-0.3, -0.25) is 4.90 Å². The van der Waals surface area contributed by atoms with Gasteiger partial charge >= 0.3 is 6.09 Å². The first-order valence-corrected chi connectivity index (χ1v) is 8.74. The molecule has 0 saturated heterocycles. The Hall–Kier alpha value is -1.75. The topological polar surface area (TPSA) is 42.0 Å². The summed E-state index contributed by atoms with van der Waals surface area (Å²) in [6.45, 7) is 12.8. The minimum absolute atomic E-state index is 0.227. The summed E-state index contributed by atoms with van der Waals surface area (Å²) in [4.78, 5) is 16.6.